The normalized spacial score (nSPS) is 16.5. The lowest BCUT2D eigenvalue weighted by molar-refractivity contribution is -0.158. The molecule has 9 heteroatoms. The van der Waals surface area contributed by atoms with Gasteiger partial charge in [-0.05, 0) is 49.0 Å². The standard InChI is InChI=1S/C30H33NO8/c1-21(33)39-28(27(35)16-15-25(34)14-8-9-17-32)26(19-23-12-6-3-7-13-23)29(36)31-24(20-38-30(31)37)18-22-10-4-2-5-11-22/h2-7,10-13,15-16,24,26,28,32H,8-9,14,17-20H2,1H3/t24-,26-,28-/m0/s1. The highest BCUT2D eigenvalue weighted by Gasteiger charge is 2.45. The molecule has 0 saturated carbocycles. The van der Waals surface area contributed by atoms with Gasteiger partial charge in [-0.25, -0.2) is 9.69 Å². The Balaban J connectivity index is 1.91. The van der Waals surface area contributed by atoms with Crippen molar-refractivity contribution in [2.24, 2.45) is 5.92 Å². The van der Waals surface area contributed by atoms with E-state index < -0.39 is 41.8 Å². The molecule has 1 heterocycles. The molecular formula is C30H33NO8. The van der Waals surface area contributed by atoms with Gasteiger partial charge in [0.1, 0.15) is 6.61 Å². The monoisotopic (exact) mass is 535 g/mol. The summed E-state index contributed by atoms with van der Waals surface area (Å²) < 4.78 is 10.6. The van der Waals surface area contributed by atoms with Gasteiger partial charge in [0.15, 0.2) is 17.7 Å². The summed E-state index contributed by atoms with van der Waals surface area (Å²) >= 11 is 0. The molecule has 2 aromatic rings. The topological polar surface area (TPSA) is 127 Å². The largest absolute Gasteiger partial charge is 0.453 e. The van der Waals surface area contributed by atoms with E-state index in [0.717, 1.165) is 29.5 Å². The molecule has 1 aliphatic heterocycles. The third-order valence-corrected chi connectivity index (χ3v) is 6.33. The van der Waals surface area contributed by atoms with E-state index in [4.69, 9.17) is 14.6 Å². The highest BCUT2D eigenvalue weighted by atomic mass is 16.6. The molecule has 3 rings (SSSR count). The van der Waals surface area contributed by atoms with E-state index in [-0.39, 0.29) is 31.8 Å². The van der Waals surface area contributed by atoms with Gasteiger partial charge in [-0.3, -0.25) is 19.2 Å². The van der Waals surface area contributed by atoms with E-state index in [9.17, 15) is 24.0 Å². The molecular weight excluding hydrogens is 502 g/mol. The first-order chi connectivity index (χ1) is 18.8. The van der Waals surface area contributed by atoms with Crippen LogP contribution in [0.2, 0.25) is 0 Å². The van der Waals surface area contributed by atoms with Crippen LogP contribution in [0.1, 0.15) is 37.3 Å². The quantitative estimate of drug-likeness (QED) is 0.222. The second kappa shape index (κ2) is 14.7. The highest BCUT2D eigenvalue weighted by molar-refractivity contribution is 6.04. The van der Waals surface area contributed by atoms with Crippen LogP contribution in [0.3, 0.4) is 0 Å². The second-order valence-corrected chi connectivity index (χ2v) is 9.34. The number of cyclic esters (lactones) is 1. The number of imide groups is 1. The van der Waals surface area contributed by atoms with Gasteiger partial charge >= 0.3 is 12.1 Å². The predicted octanol–water partition coefficient (Wildman–Crippen LogP) is 3.22. The molecule has 0 aromatic heterocycles. The van der Waals surface area contributed by atoms with E-state index in [1.807, 2.05) is 30.3 Å². The van der Waals surface area contributed by atoms with Crippen LogP contribution < -0.4 is 0 Å². The van der Waals surface area contributed by atoms with E-state index in [2.05, 4.69) is 0 Å². The SMILES string of the molecule is CC(=O)O[C@H](C(=O)C=CC(=O)CCCCO)[C@H](Cc1ccccc1)C(=O)N1C(=O)OC[C@@H]1Cc1ccccc1. The number of nitrogens with zero attached hydrogens (tertiary/aromatic N) is 1. The number of amides is 2. The Labute approximate surface area is 227 Å². The van der Waals surface area contributed by atoms with Gasteiger partial charge in [-0.1, -0.05) is 60.7 Å². The van der Waals surface area contributed by atoms with Crippen LogP contribution in [-0.2, 0) is 41.5 Å². The van der Waals surface area contributed by atoms with Gasteiger partial charge < -0.3 is 14.6 Å². The summed E-state index contributed by atoms with van der Waals surface area (Å²) in [6.45, 7) is 1.07. The first kappa shape index (κ1) is 29.4. The number of carbonyl (C=O) groups excluding carboxylic acids is 5. The minimum absolute atomic E-state index is 0.00346. The minimum atomic E-state index is -1.57. The molecule has 1 fully saturated rings. The molecule has 0 radical (unpaired) electrons. The molecule has 2 amide bonds. The molecule has 1 saturated heterocycles. The summed E-state index contributed by atoms with van der Waals surface area (Å²) in [5.41, 5.74) is 1.59. The summed E-state index contributed by atoms with van der Waals surface area (Å²) in [5.74, 6) is -3.82. The van der Waals surface area contributed by atoms with Crippen molar-refractivity contribution in [3.8, 4) is 0 Å². The number of allylic oxidation sites excluding steroid dienone is 1. The number of aliphatic hydroxyl groups excluding tert-OH is 1. The van der Waals surface area contributed by atoms with Crippen LogP contribution in [0.4, 0.5) is 4.79 Å². The summed E-state index contributed by atoms with van der Waals surface area (Å²) in [6, 6.07) is 17.6. The van der Waals surface area contributed by atoms with Crippen LogP contribution in [0.25, 0.3) is 0 Å². The molecule has 39 heavy (non-hydrogen) atoms. The average molecular weight is 536 g/mol. The van der Waals surface area contributed by atoms with Crippen molar-refractivity contribution in [1.29, 1.82) is 0 Å². The van der Waals surface area contributed by atoms with Crippen molar-refractivity contribution < 1.29 is 38.6 Å². The molecule has 1 aliphatic rings. The lowest BCUT2D eigenvalue weighted by atomic mass is 9.89. The predicted molar refractivity (Wildman–Crippen MR) is 141 cm³/mol. The first-order valence-corrected chi connectivity index (χ1v) is 12.9. The lowest BCUT2D eigenvalue weighted by Crippen LogP contribution is -2.49. The Kier molecular flexibility index (Phi) is 11.1. The number of unbranched alkanes of at least 4 members (excludes halogenated alkanes) is 1. The van der Waals surface area contributed by atoms with Crippen molar-refractivity contribution in [3.63, 3.8) is 0 Å². The van der Waals surface area contributed by atoms with Crippen LogP contribution in [0.5, 0.6) is 0 Å². The summed E-state index contributed by atoms with van der Waals surface area (Å²) in [5, 5.41) is 8.90. The number of hydrogen-bond acceptors (Lipinski definition) is 8. The molecule has 0 aliphatic carbocycles. The molecule has 0 spiro atoms. The first-order valence-electron chi connectivity index (χ1n) is 12.9. The fraction of sp³-hybridized carbons (Fsp3) is 0.367. The molecule has 0 bridgehead atoms. The fourth-order valence-electron chi connectivity index (χ4n) is 4.42. The van der Waals surface area contributed by atoms with Crippen molar-refractivity contribution in [2.75, 3.05) is 13.2 Å². The van der Waals surface area contributed by atoms with Crippen LogP contribution in [0, 0.1) is 5.92 Å². The summed E-state index contributed by atoms with van der Waals surface area (Å²) in [4.78, 5) is 65.2. The Morgan fingerprint density at radius 1 is 1.00 bits per heavy atom. The smallest absolute Gasteiger partial charge is 0.416 e. The van der Waals surface area contributed by atoms with Crippen molar-refractivity contribution >= 4 is 29.5 Å². The Morgan fingerprint density at radius 2 is 1.64 bits per heavy atom. The van der Waals surface area contributed by atoms with Gasteiger partial charge in [0.05, 0.1) is 12.0 Å². The van der Waals surface area contributed by atoms with E-state index in [1.165, 1.54) is 0 Å². The average Bonchev–Trinajstić information content (AvgIpc) is 3.29. The number of ketones is 2. The zero-order valence-corrected chi connectivity index (χ0v) is 21.9. The second-order valence-electron chi connectivity index (χ2n) is 9.34. The molecule has 206 valence electrons. The zero-order valence-electron chi connectivity index (χ0n) is 21.9. The van der Waals surface area contributed by atoms with Gasteiger partial charge in [0.25, 0.3) is 0 Å². The Morgan fingerprint density at radius 3 is 2.26 bits per heavy atom. The summed E-state index contributed by atoms with van der Waals surface area (Å²) in [6.07, 6.45) is 1.09. The Hall–Kier alpha value is -4.11. The third kappa shape index (κ3) is 8.71. The number of aliphatic hydroxyl groups is 1. The number of benzene rings is 2. The van der Waals surface area contributed by atoms with Gasteiger partial charge in [-0.2, -0.15) is 0 Å². The van der Waals surface area contributed by atoms with Crippen molar-refractivity contribution in [1.82, 2.24) is 4.90 Å². The molecule has 9 nitrogen and oxygen atoms in total. The van der Waals surface area contributed by atoms with Gasteiger partial charge in [0.2, 0.25) is 5.91 Å². The lowest BCUT2D eigenvalue weighted by Gasteiger charge is -2.29. The molecule has 1 N–H and O–H groups in total. The Bertz CT molecular complexity index is 1180. The van der Waals surface area contributed by atoms with Crippen LogP contribution in [0.15, 0.2) is 72.8 Å². The molecule has 3 atom stereocenters. The van der Waals surface area contributed by atoms with E-state index in [0.29, 0.717) is 24.8 Å². The number of rotatable bonds is 14. The molecule has 2 aromatic carbocycles. The maximum Gasteiger partial charge on any atom is 0.416 e. The van der Waals surface area contributed by atoms with Crippen molar-refractivity contribution in [2.45, 2.75) is 51.2 Å². The van der Waals surface area contributed by atoms with E-state index in [1.54, 1.807) is 30.3 Å². The maximum absolute atomic E-state index is 14.0. The maximum atomic E-state index is 14.0. The van der Waals surface area contributed by atoms with Crippen molar-refractivity contribution in [3.05, 3.63) is 83.9 Å². The number of ether oxygens (including phenoxy) is 2. The number of carbonyl (C=O) groups is 5. The summed E-state index contributed by atoms with van der Waals surface area (Å²) in [7, 11) is 0. The van der Waals surface area contributed by atoms with Gasteiger partial charge in [-0.15, -0.1) is 0 Å². The minimum Gasteiger partial charge on any atom is -0.453 e. The van der Waals surface area contributed by atoms with Crippen LogP contribution in [-0.4, -0.2) is 64.9 Å². The third-order valence-electron chi connectivity index (χ3n) is 6.33. The fourth-order valence-corrected chi connectivity index (χ4v) is 4.42. The molecule has 0 unspecified atom stereocenters. The number of esters is 1. The van der Waals surface area contributed by atoms with Gasteiger partial charge in [0, 0.05) is 20.0 Å². The van der Waals surface area contributed by atoms with E-state index >= 15 is 0 Å². The van der Waals surface area contributed by atoms with Crippen LogP contribution >= 0.6 is 0 Å². The zero-order chi connectivity index (χ0) is 28.2. The highest BCUT2D eigenvalue weighted by Crippen LogP contribution is 2.26. The number of hydrogen-bond donors (Lipinski definition) is 1.